The highest BCUT2D eigenvalue weighted by Gasteiger charge is 2.53. The number of hydrogen-bond donors (Lipinski definition) is 12. The van der Waals surface area contributed by atoms with Crippen molar-refractivity contribution < 1.29 is 89.4 Å². The minimum absolute atomic E-state index is 0.251. The maximum absolute atomic E-state index is 13.4. The van der Waals surface area contributed by atoms with Gasteiger partial charge in [-0.15, -0.1) is 0 Å². The standard InChI is InChI=1S/C69H123NO18/c1-3-5-7-9-11-13-15-17-19-21-23-25-26-27-29-31-33-35-37-39-41-43-45-47-57(75)70-52(53(74)46-44-42-40-38-36-34-32-30-28-24-22-20-18-16-14-12-10-8-6-4-2)51-83-67-63(81)60(78)65(55(49-72)85-67)88-69-64(82)61(79)66(56(50-73)86-69)87-68-62(80)59(77)58(76)54(48-71)84-68/h5,7,11,13,17,19,23,25,27,29,52-56,58-69,71-74,76-82H,3-4,6,8-10,12,14-16,18,20-22,24,26,28,30-51H2,1-2H3,(H,70,75)/b7-5-,13-11-,19-17-,25-23-,29-27-. The molecule has 0 aromatic heterocycles. The monoisotopic (exact) mass is 1250 g/mol. The third-order valence-corrected chi connectivity index (χ3v) is 17.1. The molecule has 0 aliphatic carbocycles. The Morgan fingerprint density at radius 2 is 0.784 bits per heavy atom. The van der Waals surface area contributed by atoms with Crippen LogP contribution in [0, 0.1) is 0 Å². The molecule has 3 fully saturated rings. The Morgan fingerprint density at radius 3 is 1.23 bits per heavy atom. The summed E-state index contributed by atoms with van der Waals surface area (Å²) in [6.45, 7) is 1.69. The summed E-state index contributed by atoms with van der Waals surface area (Å²) in [5, 5.41) is 121. The Hall–Kier alpha value is -2.51. The van der Waals surface area contributed by atoms with Crippen LogP contribution < -0.4 is 5.32 Å². The first-order chi connectivity index (χ1) is 42.8. The van der Waals surface area contributed by atoms with Gasteiger partial charge in [-0.1, -0.05) is 235 Å². The number of carbonyl (C=O) groups is 1. The maximum atomic E-state index is 13.4. The number of hydrogen-bond acceptors (Lipinski definition) is 18. The number of amides is 1. The number of aliphatic hydroxyl groups excluding tert-OH is 11. The van der Waals surface area contributed by atoms with Crippen molar-refractivity contribution in [1.29, 1.82) is 0 Å². The van der Waals surface area contributed by atoms with Gasteiger partial charge in [-0.25, -0.2) is 0 Å². The Bertz CT molecular complexity index is 1830. The molecule has 17 atom stereocenters. The number of ether oxygens (including phenoxy) is 6. The molecule has 3 saturated heterocycles. The van der Waals surface area contributed by atoms with Crippen LogP contribution in [0.3, 0.4) is 0 Å². The van der Waals surface area contributed by atoms with Gasteiger partial charge in [-0.2, -0.15) is 0 Å². The van der Waals surface area contributed by atoms with Gasteiger partial charge in [0.25, 0.3) is 0 Å². The van der Waals surface area contributed by atoms with Gasteiger partial charge in [0, 0.05) is 6.42 Å². The molecule has 1 amide bonds. The Labute approximate surface area is 528 Å². The van der Waals surface area contributed by atoms with E-state index in [1.54, 1.807) is 0 Å². The minimum atomic E-state index is -1.98. The van der Waals surface area contributed by atoms with E-state index in [1.807, 2.05) is 0 Å². The number of aliphatic hydroxyl groups is 11. The van der Waals surface area contributed by atoms with E-state index in [9.17, 15) is 61.0 Å². The first-order valence-electron chi connectivity index (χ1n) is 34.5. The van der Waals surface area contributed by atoms with E-state index in [0.29, 0.717) is 12.8 Å². The summed E-state index contributed by atoms with van der Waals surface area (Å²) in [6, 6.07) is -0.897. The predicted molar refractivity (Wildman–Crippen MR) is 342 cm³/mol. The highest BCUT2D eigenvalue weighted by atomic mass is 16.8. The molecule has 0 bridgehead atoms. The van der Waals surface area contributed by atoms with Crippen LogP contribution in [-0.4, -0.2) is 193 Å². The lowest BCUT2D eigenvalue weighted by atomic mass is 9.96. The molecule has 12 N–H and O–H groups in total. The Morgan fingerprint density at radius 1 is 0.420 bits per heavy atom. The van der Waals surface area contributed by atoms with E-state index < -0.39 is 124 Å². The summed E-state index contributed by atoms with van der Waals surface area (Å²) in [5.74, 6) is -0.254. The van der Waals surface area contributed by atoms with Gasteiger partial charge < -0.3 is 89.9 Å². The molecular formula is C69H123NO18. The molecule has 3 rings (SSSR count). The SMILES string of the molecule is CC/C=C\C/C=C\C/C=C\C/C=C\C/C=C\CCCCCCCCCC(=O)NC(COC1OC(CO)C(OC2OC(CO)C(OC3OC(CO)C(O)C(O)C3O)C(O)C2O)C(O)C1O)C(O)CCCCCCCCCCCCCCCCCCCCCC. The Kier molecular flexibility index (Phi) is 46.2. The summed E-state index contributed by atoms with van der Waals surface area (Å²) in [5.41, 5.74) is 0. The molecule has 512 valence electrons. The molecule has 3 aliphatic heterocycles. The molecular weight excluding hydrogens is 1130 g/mol. The molecule has 3 aliphatic rings. The fourth-order valence-electron chi connectivity index (χ4n) is 11.5. The van der Waals surface area contributed by atoms with E-state index in [4.69, 9.17) is 28.4 Å². The topological polar surface area (TPSA) is 307 Å². The first-order valence-corrected chi connectivity index (χ1v) is 34.5. The molecule has 0 spiro atoms. The van der Waals surface area contributed by atoms with Crippen molar-refractivity contribution in [3.8, 4) is 0 Å². The van der Waals surface area contributed by atoms with Crippen LogP contribution in [0.25, 0.3) is 0 Å². The fraction of sp³-hybridized carbons (Fsp3) is 0.841. The summed E-state index contributed by atoms with van der Waals surface area (Å²) in [4.78, 5) is 13.4. The first kappa shape index (κ1) is 79.7. The number of nitrogens with one attached hydrogen (secondary N) is 1. The zero-order valence-corrected chi connectivity index (χ0v) is 53.9. The Balaban J connectivity index is 1.45. The highest BCUT2D eigenvalue weighted by Crippen LogP contribution is 2.33. The van der Waals surface area contributed by atoms with Crippen molar-refractivity contribution in [2.24, 2.45) is 0 Å². The second-order valence-electron chi connectivity index (χ2n) is 24.6. The van der Waals surface area contributed by atoms with Crippen molar-refractivity contribution in [2.45, 2.75) is 343 Å². The molecule has 19 nitrogen and oxygen atoms in total. The summed E-state index contributed by atoms with van der Waals surface area (Å²) >= 11 is 0. The third kappa shape index (κ3) is 32.9. The van der Waals surface area contributed by atoms with Crippen LogP contribution in [-0.2, 0) is 33.2 Å². The average Bonchev–Trinajstić information content (AvgIpc) is 3.71. The van der Waals surface area contributed by atoms with Crippen LogP contribution in [0.5, 0.6) is 0 Å². The summed E-state index contributed by atoms with van der Waals surface area (Å²) < 4.78 is 34.4. The molecule has 19 heteroatoms. The second-order valence-corrected chi connectivity index (χ2v) is 24.6. The molecule has 0 saturated carbocycles. The van der Waals surface area contributed by atoms with E-state index in [2.05, 4.69) is 79.9 Å². The molecule has 17 unspecified atom stereocenters. The third-order valence-electron chi connectivity index (χ3n) is 17.1. The maximum Gasteiger partial charge on any atom is 0.220 e. The minimum Gasteiger partial charge on any atom is -0.394 e. The van der Waals surface area contributed by atoms with Gasteiger partial charge in [-0.3, -0.25) is 4.79 Å². The van der Waals surface area contributed by atoms with E-state index in [1.165, 1.54) is 103 Å². The highest BCUT2D eigenvalue weighted by molar-refractivity contribution is 5.76. The van der Waals surface area contributed by atoms with Crippen LogP contribution in [0.15, 0.2) is 60.8 Å². The molecule has 88 heavy (non-hydrogen) atoms. The van der Waals surface area contributed by atoms with E-state index in [0.717, 1.165) is 103 Å². The normalized spacial score (nSPS) is 28.8. The number of carbonyl (C=O) groups excluding carboxylic acids is 1. The summed E-state index contributed by atoms with van der Waals surface area (Å²) in [7, 11) is 0. The van der Waals surface area contributed by atoms with Crippen molar-refractivity contribution in [1.82, 2.24) is 5.32 Å². The number of rotatable bonds is 52. The van der Waals surface area contributed by atoms with Crippen LogP contribution in [0.4, 0.5) is 0 Å². The zero-order valence-electron chi connectivity index (χ0n) is 53.9. The quantitative estimate of drug-likeness (QED) is 0.0200. The van der Waals surface area contributed by atoms with Gasteiger partial charge in [0.1, 0.15) is 73.2 Å². The van der Waals surface area contributed by atoms with Crippen molar-refractivity contribution in [2.75, 3.05) is 26.4 Å². The average molecular weight is 1250 g/mol. The van der Waals surface area contributed by atoms with Gasteiger partial charge in [0.2, 0.25) is 5.91 Å². The zero-order chi connectivity index (χ0) is 64.0. The largest absolute Gasteiger partial charge is 0.394 e. The molecule has 0 aromatic carbocycles. The second kappa shape index (κ2) is 51.0. The van der Waals surface area contributed by atoms with Crippen LogP contribution in [0.2, 0.25) is 0 Å². The van der Waals surface area contributed by atoms with Gasteiger partial charge in [0.15, 0.2) is 18.9 Å². The van der Waals surface area contributed by atoms with E-state index >= 15 is 0 Å². The summed E-state index contributed by atoms with van der Waals surface area (Å²) in [6.07, 6.45) is 34.3. The smallest absolute Gasteiger partial charge is 0.220 e. The van der Waals surface area contributed by atoms with Crippen molar-refractivity contribution >= 4 is 5.91 Å². The molecule has 0 radical (unpaired) electrons. The van der Waals surface area contributed by atoms with Crippen LogP contribution >= 0.6 is 0 Å². The lowest BCUT2D eigenvalue weighted by molar-refractivity contribution is -0.379. The van der Waals surface area contributed by atoms with Crippen molar-refractivity contribution in [3.05, 3.63) is 60.8 Å². The van der Waals surface area contributed by atoms with Gasteiger partial charge in [-0.05, 0) is 57.8 Å². The van der Waals surface area contributed by atoms with Gasteiger partial charge in [0.05, 0.1) is 38.6 Å². The fourth-order valence-corrected chi connectivity index (χ4v) is 11.5. The predicted octanol–water partition coefficient (Wildman–Crippen LogP) is 8.77. The van der Waals surface area contributed by atoms with Gasteiger partial charge >= 0.3 is 0 Å². The number of unbranched alkanes of at least 4 members (excludes halogenated alkanes) is 26. The molecule has 3 heterocycles. The lowest BCUT2D eigenvalue weighted by Crippen LogP contribution is -2.66. The van der Waals surface area contributed by atoms with E-state index in [-0.39, 0.29) is 18.9 Å². The van der Waals surface area contributed by atoms with Crippen LogP contribution in [0.1, 0.15) is 239 Å². The number of allylic oxidation sites excluding steroid dienone is 10. The van der Waals surface area contributed by atoms with Crippen molar-refractivity contribution in [3.63, 3.8) is 0 Å². The lowest BCUT2D eigenvalue weighted by Gasteiger charge is -2.48. The molecule has 0 aromatic rings.